The molecule has 0 spiro atoms. The Labute approximate surface area is 206 Å². The predicted octanol–water partition coefficient (Wildman–Crippen LogP) is 5.97. The minimum absolute atomic E-state index is 0.209. The molecule has 7 heteroatoms. The van der Waals surface area contributed by atoms with Crippen molar-refractivity contribution in [1.82, 2.24) is 0 Å². The van der Waals surface area contributed by atoms with Crippen molar-refractivity contribution in [3.63, 3.8) is 0 Å². The molecule has 4 aromatic carbocycles. The number of carbonyl (C=O) groups excluding carboxylic acids is 3. The maximum atomic E-state index is 12.7. The maximum absolute atomic E-state index is 12.7. The standard InChI is InChI=1S/C28H19ClN2O4/c29-24-16-20(31-27(33)22-8-4-5-9-23(22)28(31)34)14-15-25(24)30-26(32)19-12-10-18(11-13-19)17-35-21-6-2-1-3-7-21/h1-16H,17H2,(H,30,32). The summed E-state index contributed by atoms with van der Waals surface area (Å²) in [5.41, 5.74) is 2.78. The second-order valence-corrected chi connectivity index (χ2v) is 8.32. The van der Waals surface area contributed by atoms with Gasteiger partial charge in [-0.2, -0.15) is 0 Å². The molecule has 1 aliphatic rings. The van der Waals surface area contributed by atoms with Crippen LogP contribution < -0.4 is 15.0 Å². The number of amides is 3. The van der Waals surface area contributed by atoms with Gasteiger partial charge in [0.2, 0.25) is 0 Å². The molecule has 6 nitrogen and oxygen atoms in total. The summed E-state index contributed by atoms with van der Waals surface area (Å²) >= 11 is 6.39. The van der Waals surface area contributed by atoms with Gasteiger partial charge in [-0.25, -0.2) is 4.90 Å². The van der Waals surface area contributed by atoms with Crippen LogP contribution in [0.4, 0.5) is 11.4 Å². The molecule has 35 heavy (non-hydrogen) atoms. The van der Waals surface area contributed by atoms with Crippen molar-refractivity contribution in [2.24, 2.45) is 0 Å². The summed E-state index contributed by atoms with van der Waals surface area (Å²) in [5, 5.41) is 2.98. The Morgan fingerprint density at radius 1 is 0.800 bits per heavy atom. The van der Waals surface area contributed by atoms with Gasteiger partial charge in [0.1, 0.15) is 12.4 Å². The molecule has 3 amide bonds. The van der Waals surface area contributed by atoms with Crippen molar-refractivity contribution in [3.05, 3.63) is 124 Å². The molecule has 5 rings (SSSR count). The van der Waals surface area contributed by atoms with Crippen LogP contribution in [0.1, 0.15) is 36.6 Å². The molecule has 1 N–H and O–H groups in total. The Kier molecular flexibility index (Phi) is 6.04. The third-order valence-corrected chi connectivity index (χ3v) is 5.93. The van der Waals surface area contributed by atoms with E-state index in [4.69, 9.17) is 16.3 Å². The molecule has 0 radical (unpaired) electrons. The normalized spacial score (nSPS) is 12.4. The maximum Gasteiger partial charge on any atom is 0.266 e. The number of hydrogen-bond donors (Lipinski definition) is 1. The van der Waals surface area contributed by atoms with Crippen LogP contribution in [-0.2, 0) is 6.61 Å². The number of carbonyl (C=O) groups is 3. The van der Waals surface area contributed by atoms with Gasteiger partial charge in [-0.3, -0.25) is 14.4 Å². The van der Waals surface area contributed by atoms with Crippen molar-refractivity contribution in [3.8, 4) is 5.75 Å². The second kappa shape index (κ2) is 9.44. The molecule has 0 atom stereocenters. The van der Waals surface area contributed by atoms with Crippen LogP contribution in [0.5, 0.6) is 5.75 Å². The number of hydrogen-bond acceptors (Lipinski definition) is 4. The number of benzene rings is 4. The molecular formula is C28H19ClN2O4. The van der Waals surface area contributed by atoms with E-state index in [1.807, 2.05) is 42.5 Å². The Morgan fingerprint density at radius 3 is 2.06 bits per heavy atom. The monoisotopic (exact) mass is 482 g/mol. The van der Waals surface area contributed by atoms with Crippen LogP contribution >= 0.6 is 11.6 Å². The molecule has 0 bridgehead atoms. The number of anilines is 2. The second-order valence-electron chi connectivity index (χ2n) is 7.91. The summed E-state index contributed by atoms with van der Waals surface area (Å²) < 4.78 is 5.72. The van der Waals surface area contributed by atoms with Crippen LogP contribution in [0.2, 0.25) is 5.02 Å². The Bertz CT molecular complexity index is 1400. The minimum atomic E-state index is -0.408. The average molecular weight is 483 g/mol. The summed E-state index contributed by atoms with van der Waals surface area (Å²) in [6.45, 7) is 0.386. The van der Waals surface area contributed by atoms with Crippen LogP contribution in [0.25, 0.3) is 0 Å². The molecule has 1 aliphatic heterocycles. The van der Waals surface area contributed by atoms with Crippen LogP contribution in [0.3, 0.4) is 0 Å². The predicted molar refractivity (Wildman–Crippen MR) is 134 cm³/mol. The lowest BCUT2D eigenvalue weighted by Crippen LogP contribution is -2.29. The molecule has 0 aliphatic carbocycles. The van der Waals surface area contributed by atoms with Crippen molar-refractivity contribution < 1.29 is 19.1 Å². The quantitative estimate of drug-likeness (QED) is 0.343. The van der Waals surface area contributed by atoms with Gasteiger partial charge in [-0.15, -0.1) is 0 Å². The van der Waals surface area contributed by atoms with E-state index < -0.39 is 11.8 Å². The van der Waals surface area contributed by atoms with E-state index in [2.05, 4.69) is 5.32 Å². The van der Waals surface area contributed by atoms with Crippen molar-refractivity contribution >= 4 is 40.7 Å². The highest BCUT2D eigenvalue weighted by molar-refractivity contribution is 6.37. The van der Waals surface area contributed by atoms with Crippen molar-refractivity contribution in [2.45, 2.75) is 6.61 Å². The van der Waals surface area contributed by atoms with Crippen molar-refractivity contribution in [1.29, 1.82) is 0 Å². The lowest BCUT2D eigenvalue weighted by molar-refractivity contribution is 0.0924. The Hall–Kier alpha value is -4.42. The molecular weight excluding hydrogens is 464 g/mol. The van der Waals surface area contributed by atoms with E-state index in [1.165, 1.54) is 6.07 Å². The average Bonchev–Trinajstić information content (AvgIpc) is 3.15. The lowest BCUT2D eigenvalue weighted by atomic mass is 10.1. The first-order valence-corrected chi connectivity index (χ1v) is 11.2. The van der Waals surface area contributed by atoms with Crippen molar-refractivity contribution in [2.75, 3.05) is 10.2 Å². The fraction of sp³-hybridized carbons (Fsp3) is 0.0357. The van der Waals surface area contributed by atoms with E-state index in [9.17, 15) is 14.4 Å². The topological polar surface area (TPSA) is 75.7 Å². The number of ether oxygens (including phenoxy) is 1. The van der Waals surface area contributed by atoms with Gasteiger partial charge < -0.3 is 10.1 Å². The number of fused-ring (bicyclic) bond motifs is 1. The third kappa shape index (κ3) is 4.52. The molecule has 0 fully saturated rings. The largest absolute Gasteiger partial charge is 0.489 e. The van der Waals surface area contributed by atoms with Gasteiger partial charge in [0.05, 0.1) is 27.5 Å². The molecule has 172 valence electrons. The van der Waals surface area contributed by atoms with Gasteiger partial charge in [0.25, 0.3) is 17.7 Å². The summed E-state index contributed by atoms with van der Waals surface area (Å²) in [5.74, 6) is -0.380. The van der Waals surface area contributed by atoms with Gasteiger partial charge in [0, 0.05) is 5.56 Å². The summed E-state index contributed by atoms with van der Waals surface area (Å²) in [4.78, 5) is 39.2. The summed E-state index contributed by atoms with van der Waals surface area (Å²) in [6.07, 6.45) is 0. The molecule has 0 saturated carbocycles. The smallest absolute Gasteiger partial charge is 0.266 e. The fourth-order valence-electron chi connectivity index (χ4n) is 3.80. The molecule has 1 heterocycles. The zero-order valence-electron chi connectivity index (χ0n) is 18.4. The number of rotatable bonds is 6. The first kappa shape index (κ1) is 22.4. The Balaban J connectivity index is 1.26. The SMILES string of the molecule is O=C(Nc1ccc(N2C(=O)c3ccccc3C2=O)cc1Cl)c1ccc(COc2ccccc2)cc1. The zero-order chi connectivity index (χ0) is 24.4. The van der Waals surface area contributed by atoms with Crippen LogP contribution in [-0.4, -0.2) is 17.7 Å². The van der Waals surface area contributed by atoms with Gasteiger partial charge in [-0.05, 0) is 60.2 Å². The Morgan fingerprint density at radius 2 is 1.43 bits per heavy atom. The molecule has 0 aromatic heterocycles. The minimum Gasteiger partial charge on any atom is -0.489 e. The first-order chi connectivity index (χ1) is 17.0. The summed E-state index contributed by atoms with van der Waals surface area (Å²) in [6, 6.07) is 27.8. The van der Waals surface area contributed by atoms with E-state index in [0.717, 1.165) is 16.2 Å². The molecule has 0 saturated heterocycles. The van der Waals surface area contributed by atoms with E-state index >= 15 is 0 Å². The van der Waals surface area contributed by atoms with Gasteiger partial charge >= 0.3 is 0 Å². The molecule has 0 unspecified atom stereocenters. The molecule has 4 aromatic rings. The number of nitrogens with one attached hydrogen (secondary N) is 1. The van der Waals surface area contributed by atoms with Crippen LogP contribution in [0.15, 0.2) is 97.1 Å². The lowest BCUT2D eigenvalue weighted by Gasteiger charge is -2.16. The van der Waals surface area contributed by atoms with Crippen LogP contribution in [0, 0.1) is 0 Å². The number of para-hydroxylation sites is 1. The van der Waals surface area contributed by atoms with E-state index in [-0.39, 0.29) is 10.9 Å². The van der Waals surface area contributed by atoms with E-state index in [0.29, 0.717) is 34.7 Å². The third-order valence-electron chi connectivity index (χ3n) is 5.62. The number of imide groups is 1. The highest BCUT2D eigenvalue weighted by Gasteiger charge is 2.36. The number of nitrogens with zero attached hydrogens (tertiary/aromatic N) is 1. The highest BCUT2D eigenvalue weighted by Crippen LogP contribution is 2.33. The fourth-order valence-corrected chi connectivity index (χ4v) is 4.02. The zero-order valence-corrected chi connectivity index (χ0v) is 19.2. The highest BCUT2D eigenvalue weighted by atomic mass is 35.5. The summed E-state index contributed by atoms with van der Waals surface area (Å²) in [7, 11) is 0. The van der Waals surface area contributed by atoms with Gasteiger partial charge in [0.15, 0.2) is 0 Å². The first-order valence-electron chi connectivity index (χ1n) is 10.9. The van der Waals surface area contributed by atoms with Gasteiger partial charge in [-0.1, -0.05) is 54.1 Å². The number of halogens is 1. The van der Waals surface area contributed by atoms with E-state index in [1.54, 1.807) is 48.5 Å².